The molecule has 0 heterocycles. The third-order valence-electron chi connectivity index (χ3n) is 9.38. The molecule has 27 heavy (non-hydrogen) atoms. The van der Waals surface area contributed by atoms with E-state index in [0.717, 1.165) is 38.5 Å². The molecular weight excluding hydrogens is 340 g/mol. The SMILES string of the molecule is CC(=O)C1(C(=O)CO)CCC2C3CCC4=CC(=O)CCC4(C)C3CCC21C. The normalized spacial score (nSPS) is 46.1. The highest BCUT2D eigenvalue weighted by molar-refractivity contribution is 6.08. The van der Waals surface area contributed by atoms with Crippen LogP contribution < -0.4 is 0 Å². The first-order valence-electron chi connectivity index (χ1n) is 10.6. The van der Waals surface area contributed by atoms with Crippen LogP contribution in [0.5, 0.6) is 0 Å². The number of hydrogen-bond donors (Lipinski definition) is 1. The second-order valence-electron chi connectivity index (χ2n) is 10.0. The van der Waals surface area contributed by atoms with Crippen LogP contribution in [0.2, 0.25) is 0 Å². The third kappa shape index (κ3) is 2.28. The lowest BCUT2D eigenvalue weighted by atomic mass is 9.44. The van der Waals surface area contributed by atoms with E-state index in [-0.39, 0.29) is 28.2 Å². The molecule has 0 aromatic rings. The van der Waals surface area contributed by atoms with Crippen LogP contribution in [-0.4, -0.2) is 29.1 Å². The minimum atomic E-state index is -1.00. The first-order chi connectivity index (χ1) is 12.7. The minimum Gasteiger partial charge on any atom is -0.389 e. The number of fused-ring (bicyclic) bond motifs is 5. The summed E-state index contributed by atoms with van der Waals surface area (Å²) in [4.78, 5) is 37.5. The van der Waals surface area contributed by atoms with E-state index in [1.54, 1.807) is 6.92 Å². The molecule has 0 amide bonds. The van der Waals surface area contributed by atoms with Crippen LogP contribution >= 0.6 is 0 Å². The summed E-state index contributed by atoms with van der Waals surface area (Å²) in [6, 6.07) is 0. The fourth-order valence-electron chi connectivity index (χ4n) is 7.97. The molecule has 4 nitrogen and oxygen atoms in total. The quantitative estimate of drug-likeness (QED) is 0.768. The monoisotopic (exact) mass is 372 g/mol. The highest BCUT2D eigenvalue weighted by Gasteiger charge is 2.68. The molecule has 0 bridgehead atoms. The zero-order valence-electron chi connectivity index (χ0n) is 16.8. The van der Waals surface area contributed by atoms with Gasteiger partial charge >= 0.3 is 0 Å². The second-order valence-corrected chi connectivity index (χ2v) is 10.0. The number of ketones is 3. The molecule has 6 atom stereocenters. The van der Waals surface area contributed by atoms with E-state index in [9.17, 15) is 19.5 Å². The van der Waals surface area contributed by atoms with Gasteiger partial charge in [-0.1, -0.05) is 19.4 Å². The van der Waals surface area contributed by atoms with Gasteiger partial charge in [0.05, 0.1) is 5.41 Å². The molecule has 0 aromatic heterocycles. The van der Waals surface area contributed by atoms with Crippen molar-refractivity contribution in [2.75, 3.05) is 6.61 Å². The molecular formula is C23H32O4. The summed E-state index contributed by atoms with van der Waals surface area (Å²) in [5.41, 5.74) is 0.0882. The summed E-state index contributed by atoms with van der Waals surface area (Å²) in [5.74, 6) is 1.33. The molecule has 3 fully saturated rings. The zero-order chi connectivity index (χ0) is 19.6. The molecule has 148 valence electrons. The molecule has 0 spiro atoms. The number of aliphatic hydroxyl groups is 1. The van der Waals surface area contributed by atoms with Crippen molar-refractivity contribution in [2.45, 2.75) is 72.1 Å². The van der Waals surface area contributed by atoms with Gasteiger partial charge in [0.25, 0.3) is 0 Å². The average molecular weight is 373 g/mol. The van der Waals surface area contributed by atoms with E-state index in [0.29, 0.717) is 30.6 Å². The van der Waals surface area contributed by atoms with E-state index >= 15 is 0 Å². The number of Topliss-reactive ketones (excluding diaryl/α,β-unsaturated/α-hetero) is 2. The Morgan fingerprint density at radius 2 is 1.78 bits per heavy atom. The molecule has 3 saturated carbocycles. The highest BCUT2D eigenvalue weighted by atomic mass is 16.3. The van der Waals surface area contributed by atoms with Crippen molar-refractivity contribution < 1.29 is 19.5 Å². The van der Waals surface area contributed by atoms with Crippen LogP contribution in [0.25, 0.3) is 0 Å². The van der Waals surface area contributed by atoms with E-state index in [1.807, 2.05) is 6.08 Å². The maximum Gasteiger partial charge on any atom is 0.172 e. The maximum atomic E-state index is 12.8. The first-order valence-corrected chi connectivity index (χ1v) is 10.6. The Bertz CT molecular complexity index is 737. The zero-order valence-corrected chi connectivity index (χ0v) is 16.8. The van der Waals surface area contributed by atoms with Crippen molar-refractivity contribution in [3.63, 3.8) is 0 Å². The predicted octanol–water partition coefficient (Wildman–Crippen LogP) is 3.66. The van der Waals surface area contributed by atoms with Gasteiger partial charge in [0.2, 0.25) is 0 Å². The summed E-state index contributed by atoms with van der Waals surface area (Å²) in [7, 11) is 0. The largest absolute Gasteiger partial charge is 0.389 e. The molecule has 4 rings (SSSR count). The number of carbonyl (C=O) groups is 3. The summed E-state index contributed by atoms with van der Waals surface area (Å²) >= 11 is 0. The van der Waals surface area contributed by atoms with Crippen LogP contribution in [0, 0.1) is 34.0 Å². The van der Waals surface area contributed by atoms with Crippen molar-refractivity contribution in [2.24, 2.45) is 34.0 Å². The van der Waals surface area contributed by atoms with Gasteiger partial charge in [0.1, 0.15) is 12.4 Å². The van der Waals surface area contributed by atoms with Crippen LogP contribution in [0.3, 0.4) is 0 Å². The van der Waals surface area contributed by atoms with Crippen molar-refractivity contribution in [1.29, 1.82) is 0 Å². The van der Waals surface area contributed by atoms with Gasteiger partial charge in [-0.25, -0.2) is 0 Å². The molecule has 0 aromatic carbocycles. The Kier molecular flexibility index (Phi) is 4.30. The van der Waals surface area contributed by atoms with Crippen LogP contribution in [0.1, 0.15) is 72.1 Å². The predicted molar refractivity (Wildman–Crippen MR) is 102 cm³/mol. The van der Waals surface area contributed by atoms with Crippen LogP contribution in [0.4, 0.5) is 0 Å². The molecule has 4 aliphatic rings. The van der Waals surface area contributed by atoms with E-state index < -0.39 is 12.0 Å². The van der Waals surface area contributed by atoms with Gasteiger partial charge < -0.3 is 5.11 Å². The number of hydrogen-bond acceptors (Lipinski definition) is 4. The van der Waals surface area contributed by atoms with E-state index in [2.05, 4.69) is 13.8 Å². The Morgan fingerprint density at radius 3 is 2.44 bits per heavy atom. The molecule has 0 saturated heterocycles. The lowest BCUT2D eigenvalue weighted by Crippen LogP contribution is -2.57. The topological polar surface area (TPSA) is 71.4 Å². The number of carbonyl (C=O) groups excluding carboxylic acids is 3. The lowest BCUT2D eigenvalue weighted by Gasteiger charge is -2.59. The minimum absolute atomic E-state index is 0.0594. The van der Waals surface area contributed by atoms with Crippen molar-refractivity contribution in [1.82, 2.24) is 0 Å². The lowest BCUT2D eigenvalue weighted by molar-refractivity contribution is -0.156. The van der Waals surface area contributed by atoms with Crippen molar-refractivity contribution >= 4 is 17.3 Å². The summed E-state index contributed by atoms with van der Waals surface area (Å²) < 4.78 is 0. The fraction of sp³-hybridized carbons (Fsp3) is 0.783. The van der Waals surface area contributed by atoms with Crippen molar-refractivity contribution in [3.05, 3.63) is 11.6 Å². The van der Waals surface area contributed by atoms with E-state index in [4.69, 9.17) is 0 Å². The van der Waals surface area contributed by atoms with Crippen LogP contribution in [0.15, 0.2) is 11.6 Å². The van der Waals surface area contributed by atoms with Gasteiger partial charge in [-0.05, 0) is 86.5 Å². The van der Waals surface area contributed by atoms with Gasteiger partial charge in [-0.2, -0.15) is 0 Å². The smallest absolute Gasteiger partial charge is 0.172 e. The third-order valence-corrected chi connectivity index (χ3v) is 9.38. The summed E-state index contributed by atoms with van der Waals surface area (Å²) in [5, 5.41) is 9.63. The fourth-order valence-corrected chi connectivity index (χ4v) is 7.97. The standard InChI is InChI=1S/C23H32O4/c1-14(25)23(20(27)13-24)11-8-19-17-5-4-15-12-16(26)6-9-21(15,2)18(17)7-10-22(19,23)3/h12,17-19,24H,4-11,13H2,1-3H3. The van der Waals surface area contributed by atoms with E-state index in [1.165, 1.54) is 5.57 Å². The number of rotatable bonds is 3. The second kappa shape index (κ2) is 6.10. The van der Waals surface area contributed by atoms with Gasteiger partial charge in [-0.15, -0.1) is 0 Å². The molecule has 4 aliphatic carbocycles. The summed E-state index contributed by atoms with van der Waals surface area (Å²) in [6.07, 6.45) is 8.88. The highest BCUT2D eigenvalue weighted by Crippen LogP contribution is 2.70. The maximum absolute atomic E-state index is 12.8. The van der Waals surface area contributed by atoms with Gasteiger partial charge in [0, 0.05) is 6.42 Å². The number of aliphatic hydroxyl groups excluding tert-OH is 1. The molecule has 4 heteroatoms. The van der Waals surface area contributed by atoms with Crippen molar-refractivity contribution in [3.8, 4) is 0 Å². The Hall–Kier alpha value is -1.29. The molecule has 0 radical (unpaired) electrons. The summed E-state index contributed by atoms with van der Waals surface area (Å²) in [6.45, 7) is 5.50. The average Bonchev–Trinajstić information content (AvgIpc) is 2.95. The van der Waals surface area contributed by atoms with Gasteiger partial charge in [0.15, 0.2) is 11.6 Å². The Balaban J connectivity index is 1.73. The number of allylic oxidation sites excluding steroid dienone is 1. The molecule has 6 unspecified atom stereocenters. The van der Waals surface area contributed by atoms with Crippen LogP contribution in [-0.2, 0) is 14.4 Å². The Labute approximate surface area is 161 Å². The molecule has 0 aliphatic heterocycles. The first kappa shape index (κ1) is 19.0. The Morgan fingerprint density at radius 1 is 1.07 bits per heavy atom. The molecule has 1 N–H and O–H groups in total. The van der Waals surface area contributed by atoms with Gasteiger partial charge in [-0.3, -0.25) is 14.4 Å².